The highest BCUT2D eigenvalue weighted by atomic mass is 19.4. The summed E-state index contributed by atoms with van der Waals surface area (Å²) in [5.74, 6) is 0. The summed E-state index contributed by atoms with van der Waals surface area (Å²) in [7, 11) is 0. The molecule has 0 saturated heterocycles. The van der Waals surface area contributed by atoms with Crippen LogP contribution in [-0.2, 0) is 25.7 Å². The van der Waals surface area contributed by atoms with Crippen LogP contribution in [0.1, 0.15) is 27.8 Å². The summed E-state index contributed by atoms with van der Waals surface area (Å²) in [5.41, 5.74) is 3.16. The molecule has 2 aromatic carbocycles. The maximum absolute atomic E-state index is 12.7. The van der Waals surface area contributed by atoms with E-state index < -0.39 is 22.9 Å². The third kappa shape index (κ3) is 3.35. The molecule has 8 heteroatoms. The topological polar surface area (TPSA) is 69.0 Å². The van der Waals surface area contributed by atoms with E-state index in [-0.39, 0.29) is 0 Å². The van der Waals surface area contributed by atoms with Crippen LogP contribution in [0.2, 0.25) is 0 Å². The van der Waals surface area contributed by atoms with Crippen molar-refractivity contribution in [2.45, 2.75) is 32.6 Å². The molecule has 0 saturated carbocycles. The van der Waals surface area contributed by atoms with Gasteiger partial charge in [0.05, 0.1) is 16.6 Å². The first-order valence-electron chi connectivity index (χ1n) is 8.88. The molecule has 0 bridgehead atoms. The number of nitrogens with one attached hydrogen (secondary N) is 2. The Kier molecular flexibility index (Phi) is 4.38. The second-order valence-electron chi connectivity index (χ2n) is 7.14. The number of H-pyrrole nitrogens is 2. The van der Waals surface area contributed by atoms with E-state index in [1.54, 1.807) is 0 Å². The lowest BCUT2D eigenvalue weighted by Gasteiger charge is -2.30. The van der Waals surface area contributed by atoms with Gasteiger partial charge in [-0.2, -0.15) is 13.2 Å². The van der Waals surface area contributed by atoms with Crippen LogP contribution >= 0.6 is 0 Å². The van der Waals surface area contributed by atoms with Gasteiger partial charge in [0.25, 0.3) is 0 Å². The fourth-order valence-electron chi connectivity index (χ4n) is 3.78. The number of aromatic amines is 2. The van der Waals surface area contributed by atoms with Gasteiger partial charge in [0, 0.05) is 19.6 Å². The van der Waals surface area contributed by atoms with E-state index in [0.717, 1.165) is 34.4 Å². The summed E-state index contributed by atoms with van der Waals surface area (Å²) in [4.78, 5) is 30.7. The van der Waals surface area contributed by atoms with Crippen molar-refractivity contribution >= 4 is 11.0 Å². The molecule has 1 aromatic heterocycles. The van der Waals surface area contributed by atoms with E-state index in [9.17, 15) is 22.8 Å². The second kappa shape index (κ2) is 6.63. The van der Waals surface area contributed by atoms with Crippen molar-refractivity contribution in [1.82, 2.24) is 14.9 Å². The van der Waals surface area contributed by atoms with Gasteiger partial charge in [-0.3, -0.25) is 14.5 Å². The third-order valence-corrected chi connectivity index (χ3v) is 5.21. The largest absolute Gasteiger partial charge is 0.416 e. The molecular formula is C20H18F3N3O2. The molecule has 0 unspecified atom stereocenters. The molecule has 0 amide bonds. The lowest BCUT2D eigenvalue weighted by Crippen LogP contribution is -2.33. The molecule has 0 fully saturated rings. The molecule has 2 heterocycles. The Morgan fingerprint density at radius 3 is 2.39 bits per heavy atom. The summed E-state index contributed by atoms with van der Waals surface area (Å²) in [6, 6.07) is 7.06. The Balaban J connectivity index is 1.61. The van der Waals surface area contributed by atoms with E-state index in [2.05, 4.69) is 14.9 Å². The molecule has 28 heavy (non-hydrogen) atoms. The van der Waals surface area contributed by atoms with Gasteiger partial charge < -0.3 is 9.97 Å². The van der Waals surface area contributed by atoms with Crippen molar-refractivity contribution in [1.29, 1.82) is 0 Å². The monoisotopic (exact) mass is 389 g/mol. The van der Waals surface area contributed by atoms with Crippen molar-refractivity contribution in [3.8, 4) is 0 Å². The van der Waals surface area contributed by atoms with Crippen LogP contribution in [0.15, 0.2) is 39.9 Å². The van der Waals surface area contributed by atoms with E-state index >= 15 is 0 Å². The second-order valence-corrected chi connectivity index (χ2v) is 7.14. The first kappa shape index (κ1) is 18.5. The third-order valence-electron chi connectivity index (χ3n) is 5.21. The Labute approximate surface area is 157 Å². The molecule has 0 atom stereocenters. The number of alkyl halides is 3. The highest BCUT2D eigenvalue weighted by Crippen LogP contribution is 2.31. The van der Waals surface area contributed by atoms with Crippen LogP contribution < -0.4 is 11.1 Å². The zero-order chi connectivity index (χ0) is 20.1. The molecule has 2 N–H and O–H groups in total. The number of hydrogen-bond acceptors (Lipinski definition) is 3. The Morgan fingerprint density at radius 1 is 1.04 bits per heavy atom. The quantitative estimate of drug-likeness (QED) is 0.662. The molecule has 1 aliphatic rings. The van der Waals surface area contributed by atoms with Gasteiger partial charge >= 0.3 is 17.3 Å². The molecule has 0 radical (unpaired) electrons. The lowest BCUT2D eigenvalue weighted by atomic mass is 9.93. The normalized spacial score (nSPS) is 15.0. The number of hydrogen-bond donors (Lipinski definition) is 2. The van der Waals surface area contributed by atoms with Gasteiger partial charge in [-0.05, 0) is 53.8 Å². The van der Waals surface area contributed by atoms with Crippen molar-refractivity contribution in [2.24, 2.45) is 0 Å². The van der Waals surface area contributed by atoms with Gasteiger partial charge in [0.15, 0.2) is 0 Å². The van der Waals surface area contributed by atoms with E-state index in [1.807, 2.05) is 13.0 Å². The maximum Gasteiger partial charge on any atom is 0.416 e. The fraction of sp³-hybridized carbons (Fsp3) is 0.300. The number of fused-ring (bicyclic) bond motifs is 3. The predicted octanol–water partition coefficient (Wildman–Crippen LogP) is 3.10. The number of rotatable bonds is 2. The first-order valence-corrected chi connectivity index (χ1v) is 8.88. The molecule has 1 aliphatic heterocycles. The molecule has 3 aromatic rings. The minimum absolute atomic E-state index is 0.539. The highest BCUT2D eigenvalue weighted by molar-refractivity contribution is 5.80. The van der Waals surface area contributed by atoms with Crippen LogP contribution in [0.25, 0.3) is 11.0 Å². The lowest BCUT2D eigenvalue weighted by molar-refractivity contribution is -0.137. The van der Waals surface area contributed by atoms with Gasteiger partial charge in [-0.15, -0.1) is 0 Å². The number of halogens is 3. The average molecular weight is 389 g/mol. The molecular weight excluding hydrogens is 371 g/mol. The van der Waals surface area contributed by atoms with Crippen LogP contribution in [0.4, 0.5) is 13.2 Å². The summed E-state index contributed by atoms with van der Waals surface area (Å²) >= 11 is 0. The molecule has 0 aliphatic carbocycles. The van der Waals surface area contributed by atoms with E-state index in [4.69, 9.17) is 0 Å². The van der Waals surface area contributed by atoms with Gasteiger partial charge in [-0.25, -0.2) is 0 Å². The van der Waals surface area contributed by atoms with Crippen LogP contribution in [-0.4, -0.2) is 21.4 Å². The van der Waals surface area contributed by atoms with Crippen LogP contribution in [0, 0.1) is 6.92 Å². The van der Waals surface area contributed by atoms with Crippen molar-refractivity contribution in [3.05, 3.63) is 78.9 Å². The standard InChI is InChI=1S/C20H18F3N3O2/c1-11-8-16-17(25-19(28)18(27)24-16)14-6-7-26(10-15(11)14)9-12-2-4-13(5-3-12)20(21,22)23/h2-5,8H,6-7,9-10H2,1H3,(H,24,27)(H,25,28). The van der Waals surface area contributed by atoms with E-state index in [1.165, 1.54) is 12.1 Å². The van der Waals surface area contributed by atoms with Crippen LogP contribution in [0.3, 0.4) is 0 Å². The van der Waals surface area contributed by atoms with Crippen molar-refractivity contribution in [3.63, 3.8) is 0 Å². The zero-order valence-corrected chi connectivity index (χ0v) is 15.1. The molecule has 146 valence electrons. The Morgan fingerprint density at radius 2 is 1.71 bits per heavy atom. The number of nitrogens with zero attached hydrogens (tertiary/aromatic N) is 1. The predicted molar refractivity (Wildman–Crippen MR) is 99.2 cm³/mol. The summed E-state index contributed by atoms with van der Waals surface area (Å²) in [6.45, 7) is 3.81. The van der Waals surface area contributed by atoms with Crippen molar-refractivity contribution < 1.29 is 13.2 Å². The number of aryl methyl sites for hydroxylation is 1. The Bertz CT molecular complexity index is 1160. The average Bonchev–Trinajstić information content (AvgIpc) is 2.64. The van der Waals surface area contributed by atoms with Gasteiger partial charge in [0.2, 0.25) is 0 Å². The van der Waals surface area contributed by atoms with Crippen molar-refractivity contribution in [2.75, 3.05) is 6.54 Å². The van der Waals surface area contributed by atoms with E-state index in [0.29, 0.717) is 37.1 Å². The summed E-state index contributed by atoms with van der Waals surface area (Å²) in [6.07, 6.45) is -3.66. The van der Waals surface area contributed by atoms with Crippen LogP contribution in [0.5, 0.6) is 0 Å². The maximum atomic E-state index is 12.7. The SMILES string of the molecule is Cc1cc2[nH]c(=O)c(=O)[nH]c2c2c1CN(Cc1ccc(C(F)(F)F)cc1)CC2. The molecule has 5 nitrogen and oxygen atoms in total. The highest BCUT2D eigenvalue weighted by Gasteiger charge is 2.30. The minimum Gasteiger partial charge on any atom is -0.316 e. The number of benzene rings is 2. The smallest absolute Gasteiger partial charge is 0.316 e. The Hall–Kier alpha value is -2.87. The number of aromatic nitrogens is 2. The molecule has 4 rings (SSSR count). The van der Waals surface area contributed by atoms with Gasteiger partial charge in [0.1, 0.15) is 0 Å². The fourth-order valence-corrected chi connectivity index (χ4v) is 3.78. The minimum atomic E-state index is -4.33. The molecule has 0 spiro atoms. The first-order chi connectivity index (χ1) is 13.2. The summed E-state index contributed by atoms with van der Waals surface area (Å²) < 4.78 is 38.1. The zero-order valence-electron chi connectivity index (χ0n) is 15.1. The van der Waals surface area contributed by atoms with Gasteiger partial charge in [-0.1, -0.05) is 12.1 Å². The summed E-state index contributed by atoms with van der Waals surface area (Å²) in [5, 5.41) is 0.